The van der Waals surface area contributed by atoms with Gasteiger partial charge in [0.15, 0.2) is 0 Å². The van der Waals surface area contributed by atoms with Gasteiger partial charge in [-0.3, -0.25) is 14.4 Å². The van der Waals surface area contributed by atoms with Gasteiger partial charge in [0.05, 0.1) is 29.2 Å². The van der Waals surface area contributed by atoms with Crippen LogP contribution in [0, 0.1) is 17.8 Å². The van der Waals surface area contributed by atoms with Crippen LogP contribution in [0.3, 0.4) is 0 Å². The van der Waals surface area contributed by atoms with E-state index in [0.717, 1.165) is 44.9 Å². The number of carbonyl (C=O) groups excluding carboxylic acids is 3. The third-order valence-corrected chi connectivity index (χ3v) is 10.9. The molecule has 214 valence electrons. The highest BCUT2D eigenvalue weighted by atomic mass is 32.2. The maximum Gasteiger partial charge on any atom is 0.247 e. The van der Waals surface area contributed by atoms with Gasteiger partial charge in [0.2, 0.25) is 17.7 Å². The van der Waals surface area contributed by atoms with Crippen LogP contribution >= 0.6 is 11.8 Å². The first-order valence-electron chi connectivity index (χ1n) is 14.7. The van der Waals surface area contributed by atoms with Gasteiger partial charge < -0.3 is 19.8 Å². The van der Waals surface area contributed by atoms with Crippen molar-refractivity contribution in [1.29, 1.82) is 0 Å². The number of amides is 3. The minimum Gasteiger partial charge on any atom is -0.394 e. The largest absolute Gasteiger partial charge is 0.394 e. The van der Waals surface area contributed by atoms with Gasteiger partial charge in [0.1, 0.15) is 6.04 Å². The van der Waals surface area contributed by atoms with Gasteiger partial charge in [-0.2, -0.15) is 0 Å². The topological polar surface area (TPSA) is 81.2 Å². The number of aliphatic hydroxyl groups excluding tert-OH is 1. The number of hydrogen-bond donors (Lipinski definition) is 1. The normalized spacial score (nSPS) is 29.2. The van der Waals surface area contributed by atoms with E-state index in [-0.39, 0.29) is 35.5 Å². The molecule has 2 bridgehead atoms. The number of fused-ring (bicyclic) bond motifs is 1. The highest BCUT2D eigenvalue weighted by Crippen LogP contribution is 2.67. The first-order valence-corrected chi connectivity index (χ1v) is 15.6. The minimum absolute atomic E-state index is 0.00667. The molecule has 0 saturated carbocycles. The van der Waals surface area contributed by atoms with Crippen LogP contribution in [0.15, 0.2) is 25.3 Å². The summed E-state index contributed by atoms with van der Waals surface area (Å²) in [7, 11) is 0. The van der Waals surface area contributed by atoms with Crippen LogP contribution in [0.4, 0.5) is 0 Å². The zero-order valence-electron chi connectivity index (χ0n) is 23.9. The van der Waals surface area contributed by atoms with Crippen molar-refractivity contribution in [1.82, 2.24) is 14.7 Å². The van der Waals surface area contributed by atoms with Gasteiger partial charge in [-0.1, -0.05) is 59.1 Å². The molecule has 1 N–H and O–H groups in total. The highest BCUT2D eigenvalue weighted by molar-refractivity contribution is 8.02. The molecule has 0 aromatic carbocycles. The van der Waals surface area contributed by atoms with E-state index in [1.165, 1.54) is 0 Å². The molecule has 7 nitrogen and oxygen atoms in total. The third-order valence-electron chi connectivity index (χ3n) is 8.95. The Balaban J connectivity index is 2.08. The number of hydrogen-bond acceptors (Lipinski definition) is 5. The molecule has 3 aliphatic heterocycles. The molecule has 8 heteroatoms. The molecule has 1 spiro atoms. The van der Waals surface area contributed by atoms with Gasteiger partial charge in [-0.15, -0.1) is 24.9 Å². The molecule has 0 aromatic rings. The lowest BCUT2D eigenvalue weighted by molar-refractivity contribution is -0.148. The number of likely N-dealkylation sites (tertiary alicyclic amines) is 1. The van der Waals surface area contributed by atoms with Crippen LogP contribution in [0.2, 0.25) is 0 Å². The Labute approximate surface area is 234 Å². The third kappa shape index (κ3) is 5.45. The highest BCUT2D eigenvalue weighted by Gasteiger charge is 2.74. The number of rotatable bonds is 16. The maximum absolute atomic E-state index is 14.4. The van der Waals surface area contributed by atoms with Crippen molar-refractivity contribution in [3.63, 3.8) is 0 Å². The summed E-state index contributed by atoms with van der Waals surface area (Å²) in [5.41, 5.74) is 0. The molecule has 0 aliphatic carbocycles. The van der Waals surface area contributed by atoms with Crippen molar-refractivity contribution in [2.45, 2.75) is 94.7 Å². The van der Waals surface area contributed by atoms with Crippen LogP contribution < -0.4 is 0 Å². The Morgan fingerprint density at radius 3 is 2.32 bits per heavy atom. The van der Waals surface area contributed by atoms with E-state index in [1.54, 1.807) is 28.8 Å². The molecule has 2 unspecified atom stereocenters. The quantitative estimate of drug-likeness (QED) is 0.232. The zero-order valence-corrected chi connectivity index (χ0v) is 24.8. The van der Waals surface area contributed by atoms with E-state index < -0.39 is 28.7 Å². The lowest BCUT2D eigenvalue weighted by Gasteiger charge is -2.41. The second-order valence-electron chi connectivity index (χ2n) is 11.3. The SMILES string of the molecule is C=CCN(CCCCC)C(=O)C1N([C@@H](CO)[C@@H](C)CC)C(=O)[C@@H]2[C@@H](C(=O)N(CC=C)CCC)[C@H]3CCC12S3. The fourth-order valence-electron chi connectivity index (χ4n) is 6.92. The Hall–Kier alpha value is -1.80. The summed E-state index contributed by atoms with van der Waals surface area (Å²) in [4.78, 5) is 48.2. The summed E-state index contributed by atoms with van der Waals surface area (Å²) in [5.74, 6) is -1.15. The van der Waals surface area contributed by atoms with Gasteiger partial charge in [-0.25, -0.2) is 0 Å². The molecule has 3 aliphatic rings. The van der Waals surface area contributed by atoms with E-state index in [1.807, 2.05) is 30.6 Å². The van der Waals surface area contributed by atoms with Crippen LogP contribution in [0.1, 0.15) is 72.6 Å². The molecule has 38 heavy (non-hydrogen) atoms. The fourth-order valence-corrected chi connectivity index (χ4v) is 9.12. The molecular formula is C30H49N3O4S. The van der Waals surface area contributed by atoms with Crippen LogP contribution in [-0.2, 0) is 14.4 Å². The van der Waals surface area contributed by atoms with Crippen molar-refractivity contribution >= 4 is 29.5 Å². The second kappa shape index (κ2) is 13.5. The molecule has 3 fully saturated rings. The van der Waals surface area contributed by atoms with Crippen LogP contribution in [0.25, 0.3) is 0 Å². The Kier molecular flexibility index (Phi) is 10.9. The average molecular weight is 548 g/mol. The summed E-state index contributed by atoms with van der Waals surface area (Å²) >= 11 is 1.70. The van der Waals surface area contributed by atoms with E-state index in [4.69, 9.17) is 0 Å². The number of carbonyl (C=O) groups is 3. The van der Waals surface area contributed by atoms with Crippen LogP contribution in [0.5, 0.6) is 0 Å². The lowest BCUT2D eigenvalue weighted by atomic mass is 9.70. The molecular weight excluding hydrogens is 498 g/mol. The number of nitrogens with zero attached hydrogens (tertiary/aromatic N) is 3. The smallest absolute Gasteiger partial charge is 0.247 e. The van der Waals surface area contributed by atoms with Crippen molar-refractivity contribution in [3.05, 3.63) is 25.3 Å². The average Bonchev–Trinajstić information content (AvgIpc) is 3.55. The summed E-state index contributed by atoms with van der Waals surface area (Å²) in [5, 5.41) is 10.6. The van der Waals surface area contributed by atoms with E-state index in [0.29, 0.717) is 26.2 Å². The molecule has 3 amide bonds. The van der Waals surface area contributed by atoms with Crippen molar-refractivity contribution in [2.75, 3.05) is 32.8 Å². The second-order valence-corrected chi connectivity index (χ2v) is 12.9. The Bertz CT molecular complexity index is 882. The fraction of sp³-hybridized carbons (Fsp3) is 0.767. The van der Waals surface area contributed by atoms with Gasteiger partial charge in [-0.05, 0) is 31.6 Å². The van der Waals surface area contributed by atoms with Gasteiger partial charge >= 0.3 is 0 Å². The summed E-state index contributed by atoms with van der Waals surface area (Å²) in [6.07, 6.45) is 9.63. The predicted molar refractivity (Wildman–Crippen MR) is 155 cm³/mol. The number of thioether (sulfide) groups is 1. The summed E-state index contributed by atoms with van der Waals surface area (Å²) in [6, 6.07) is -1.14. The molecule has 3 heterocycles. The van der Waals surface area contributed by atoms with E-state index in [2.05, 4.69) is 20.1 Å². The minimum atomic E-state index is -0.681. The molecule has 0 radical (unpaired) electrons. The molecule has 3 saturated heterocycles. The zero-order chi connectivity index (χ0) is 28.0. The first-order chi connectivity index (χ1) is 18.3. The Morgan fingerprint density at radius 2 is 1.76 bits per heavy atom. The monoisotopic (exact) mass is 547 g/mol. The molecule has 0 aromatic heterocycles. The summed E-state index contributed by atoms with van der Waals surface area (Å²) in [6.45, 7) is 17.9. The number of aliphatic hydroxyl groups is 1. The molecule has 3 rings (SSSR count). The van der Waals surface area contributed by atoms with Gasteiger partial charge in [0.25, 0.3) is 0 Å². The van der Waals surface area contributed by atoms with Crippen molar-refractivity contribution < 1.29 is 19.5 Å². The first kappa shape index (κ1) is 30.7. The van der Waals surface area contributed by atoms with Crippen molar-refractivity contribution in [2.24, 2.45) is 17.8 Å². The Morgan fingerprint density at radius 1 is 1.11 bits per heavy atom. The van der Waals surface area contributed by atoms with Crippen molar-refractivity contribution in [3.8, 4) is 0 Å². The summed E-state index contributed by atoms with van der Waals surface area (Å²) < 4.78 is -0.643. The molecule has 7 atom stereocenters. The van der Waals surface area contributed by atoms with E-state index in [9.17, 15) is 19.5 Å². The standard InChI is InChI=1S/C30H49N3O4S/c1-7-12-13-19-32(18-10-4)29(37)26-30-15-14-23(38-30)24(27(35)31(16-8-2)17-9-3)25(30)28(36)33(26)22(20-34)21(6)11-5/h8,10,21-26,34H,2,4,7,9,11-20H2,1,3,5-6H3/t21-,22-,23+,24-,25-,26?,30?/m0/s1. The predicted octanol–water partition coefficient (Wildman–Crippen LogP) is 4.11. The lowest BCUT2D eigenvalue weighted by Crippen LogP contribution is -2.58. The maximum atomic E-state index is 14.4. The van der Waals surface area contributed by atoms with Gasteiger partial charge in [0, 0.05) is 31.4 Å². The number of unbranched alkanes of at least 4 members (excludes halogenated alkanes) is 2. The van der Waals surface area contributed by atoms with E-state index >= 15 is 0 Å². The van der Waals surface area contributed by atoms with Crippen LogP contribution in [-0.4, -0.2) is 92.4 Å².